The molecular formula is C12H21ClN2. The molecule has 1 saturated carbocycles. The summed E-state index contributed by atoms with van der Waals surface area (Å²) in [5.74, 6) is 0.890. The van der Waals surface area contributed by atoms with Crippen LogP contribution in [0.1, 0.15) is 26.7 Å². The first-order valence-corrected chi connectivity index (χ1v) is 6.34. The van der Waals surface area contributed by atoms with Crippen LogP contribution >= 0.6 is 11.6 Å². The van der Waals surface area contributed by atoms with Crippen LogP contribution in [0.5, 0.6) is 0 Å². The maximum Gasteiger partial charge on any atom is 0.0337 e. The van der Waals surface area contributed by atoms with E-state index >= 15 is 0 Å². The first-order chi connectivity index (χ1) is 7.16. The summed E-state index contributed by atoms with van der Waals surface area (Å²) in [7, 11) is 0. The Labute approximate surface area is 97.7 Å². The first kappa shape index (κ1) is 11.4. The smallest absolute Gasteiger partial charge is 0.0337 e. The molecule has 1 aliphatic heterocycles. The van der Waals surface area contributed by atoms with Crippen LogP contribution in [0.15, 0.2) is 11.6 Å². The molecule has 1 heterocycles. The summed E-state index contributed by atoms with van der Waals surface area (Å²) in [5.41, 5.74) is 1.99. The van der Waals surface area contributed by atoms with Crippen molar-refractivity contribution in [3.8, 4) is 0 Å². The summed E-state index contributed by atoms with van der Waals surface area (Å²) in [4.78, 5) is 2.59. The SMILES string of the molecule is CC1CN(C/C=C/Cl)C(C)(C2CC2)CN1. The van der Waals surface area contributed by atoms with Gasteiger partial charge in [-0.1, -0.05) is 17.7 Å². The van der Waals surface area contributed by atoms with Crippen molar-refractivity contribution in [1.29, 1.82) is 0 Å². The van der Waals surface area contributed by atoms with E-state index in [9.17, 15) is 0 Å². The fraction of sp³-hybridized carbons (Fsp3) is 0.833. The second kappa shape index (κ2) is 4.44. The molecule has 2 rings (SSSR count). The van der Waals surface area contributed by atoms with Gasteiger partial charge in [-0.05, 0) is 32.6 Å². The molecule has 2 fully saturated rings. The van der Waals surface area contributed by atoms with Gasteiger partial charge in [0.15, 0.2) is 0 Å². The van der Waals surface area contributed by atoms with E-state index in [1.807, 2.05) is 0 Å². The molecule has 1 saturated heterocycles. The third-order valence-corrected chi connectivity index (χ3v) is 4.07. The monoisotopic (exact) mass is 228 g/mol. The van der Waals surface area contributed by atoms with Gasteiger partial charge >= 0.3 is 0 Å². The molecule has 15 heavy (non-hydrogen) atoms. The molecule has 0 bridgehead atoms. The Morgan fingerprint density at radius 2 is 2.27 bits per heavy atom. The Kier molecular flexibility index (Phi) is 3.39. The number of rotatable bonds is 3. The van der Waals surface area contributed by atoms with Crippen molar-refractivity contribution in [1.82, 2.24) is 10.2 Å². The van der Waals surface area contributed by atoms with Gasteiger partial charge in [-0.25, -0.2) is 0 Å². The Hall–Kier alpha value is -0.0500. The van der Waals surface area contributed by atoms with Gasteiger partial charge in [0.1, 0.15) is 0 Å². The number of nitrogens with zero attached hydrogens (tertiary/aromatic N) is 1. The Morgan fingerprint density at radius 3 is 2.87 bits per heavy atom. The lowest BCUT2D eigenvalue weighted by Crippen LogP contribution is -2.63. The van der Waals surface area contributed by atoms with Gasteiger partial charge in [-0.3, -0.25) is 4.90 Å². The van der Waals surface area contributed by atoms with Gasteiger partial charge in [0, 0.05) is 36.8 Å². The zero-order valence-electron chi connectivity index (χ0n) is 9.67. The largest absolute Gasteiger partial charge is 0.311 e. The molecule has 1 N–H and O–H groups in total. The van der Waals surface area contributed by atoms with Crippen LogP contribution in [-0.2, 0) is 0 Å². The van der Waals surface area contributed by atoms with E-state index in [2.05, 4.69) is 30.1 Å². The number of nitrogens with one attached hydrogen (secondary N) is 1. The van der Waals surface area contributed by atoms with E-state index in [1.165, 1.54) is 12.8 Å². The Morgan fingerprint density at radius 1 is 1.53 bits per heavy atom. The molecular weight excluding hydrogens is 208 g/mol. The summed E-state index contributed by atoms with van der Waals surface area (Å²) in [6, 6.07) is 0.598. The van der Waals surface area contributed by atoms with E-state index < -0.39 is 0 Å². The third kappa shape index (κ3) is 2.38. The van der Waals surface area contributed by atoms with Crippen molar-refractivity contribution in [2.24, 2.45) is 5.92 Å². The van der Waals surface area contributed by atoms with Crippen LogP contribution in [0.25, 0.3) is 0 Å². The lowest BCUT2D eigenvalue weighted by Gasteiger charge is -2.47. The molecule has 0 aromatic heterocycles. The lowest BCUT2D eigenvalue weighted by atomic mass is 9.90. The van der Waals surface area contributed by atoms with Gasteiger partial charge in [0.25, 0.3) is 0 Å². The minimum absolute atomic E-state index is 0.350. The van der Waals surface area contributed by atoms with E-state index in [0.29, 0.717) is 11.6 Å². The molecule has 2 unspecified atom stereocenters. The number of halogens is 1. The first-order valence-electron chi connectivity index (χ1n) is 5.90. The topological polar surface area (TPSA) is 15.3 Å². The second-order valence-electron chi connectivity index (χ2n) is 5.18. The van der Waals surface area contributed by atoms with E-state index in [4.69, 9.17) is 11.6 Å². The van der Waals surface area contributed by atoms with Crippen molar-refractivity contribution in [3.05, 3.63) is 11.6 Å². The highest BCUT2D eigenvalue weighted by atomic mass is 35.5. The molecule has 1 aliphatic carbocycles. The predicted octanol–water partition coefficient (Wildman–Crippen LogP) is 2.20. The zero-order valence-corrected chi connectivity index (χ0v) is 10.4. The van der Waals surface area contributed by atoms with Gasteiger partial charge in [-0.15, -0.1) is 0 Å². The fourth-order valence-corrected chi connectivity index (χ4v) is 2.73. The number of hydrogen-bond donors (Lipinski definition) is 1. The van der Waals surface area contributed by atoms with Crippen molar-refractivity contribution < 1.29 is 0 Å². The molecule has 2 atom stereocenters. The minimum Gasteiger partial charge on any atom is -0.311 e. The van der Waals surface area contributed by atoms with Crippen molar-refractivity contribution >= 4 is 11.6 Å². The van der Waals surface area contributed by atoms with Gasteiger partial charge in [0.05, 0.1) is 0 Å². The van der Waals surface area contributed by atoms with Gasteiger partial charge in [-0.2, -0.15) is 0 Å². The van der Waals surface area contributed by atoms with Crippen molar-refractivity contribution in [2.45, 2.75) is 38.3 Å². The van der Waals surface area contributed by atoms with E-state index in [0.717, 1.165) is 25.6 Å². The molecule has 2 nitrogen and oxygen atoms in total. The summed E-state index contributed by atoms with van der Waals surface area (Å²) in [6.45, 7) is 7.89. The average molecular weight is 229 g/mol. The average Bonchev–Trinajstić information content (AvgIpc) is 3.03. The van der Waals surface area contributed by atoms with Crippen LogP contribution in [0, 0.1) is 5.92 Å². The van der Waals surface area contributed by atoms with Gasteiger partial charge < -0.3 is 5.32 Å². The van der Waals surface area contributed by atoms with E-state index in [-0.39, 0.29) is 0 Å². The second-order valence-corrected chi connectivity index (χ2v) is 5.43. The summed E-state index contributed by atoms with van der Waals surface area (Å²) in [6.07, 6.45) is 4.85. The Bertz CT molecular complexity index is 250. The van der Waals surface area contributed by atoms with Crippen molar-refractivity contribution in [2.75, 3.05) is 19.6 Å². The molecule has 0 amide bonds. The predicted molar refractivity (Wildman–Crippen MR) is 65.2 cm³/mol. The normalized spacial score (nSPS) is 38.7. The maximum atomic E-state index is 5.62. The van der Waals surface area contributed by atoms with E-state index in [1.54, 1.807) is 5.54 Å². The molecule has 3 heteroatoms. The quantitative estimate of drug-likeness (QED) is 0.797. The van der Waals surface area contributed by atoms with Crippen LogP contribution in [0.2, 0.25) is 0 Å². The van der Waals surface area contributed by atoms with Crippen LogP contribution in [0.4, 0.5) is 0 Å². The standard InChI is InChI=1S/C12H21ClN2/c1-10-8-15(7-3-6-13)12(2,9-14-10)11-4-5-11/h3,6,10-11,14H,4-5,7-9H2,1-2H3/b6-3+. The highest BCUT2D eigenvalue weighted by molar-refractivity contribution is 6.25. The zero-order chi connectivity index (χ0) is 10.9. The van der Waals surface area contributed by atoms with Crippen molar-refractivity contribution in [3.63, 3.8) is 0 Å². The molecule has 0 radical (unpaired) electrons. The highest BCUT2D eigenvalue weighted by Gasteiger charge is 2.47. The van der Waals surface area contributed by atoms with Crippen LogP contribution in [0.3, 0.4) is 0 Å². The molecule has 0 aromatic rings. The molecule has 0 spiro atoms. The number of piperazine rings is 1. The van der Waals surface area contributed by atoms with Crippen LogP contribution < -0.4 is 5.32 Å². The Balaban J connectivity index is 2.05. The fourth-order valence-electron chi connectivity index (χ4n) is 2.65. The maximum absolute atomic E-state index is 5.62. The summed E-state index contributed by atoms with van der Waals surface area (Å²) >= 11 is 5.62. The molecule has 0 aromatic carbocycles. The summed E-state index contributed by atoms with van der Waals surface area (Å²) < 4.78 is 0. The van der Waals surface area contributed by atoms with Gasteiger partial charge in [0.2, 0.25) is 0 Å². The highest BCUT2D eigenvalue weighted by Crippen LogP contribution is 2.43. The molecule has 86 valence electrons. The molecule has 2 aliphatic rings. The number of hydrogen-bond acceptors (Lipinski definition) is 2. The third-order valence-electron chi connectivity index (χ3n) is 3.90. The summed E-state index contributed by atoms with van der Waals surface area (Å²) in [5, 5.41) is 3.60. The minimum atomic E-state index is 0.350. The lowest BCUT2D eigenvalue weighted by molar-refractivity contribution is 0.0496. The van der Waals surface area contributed by atoms with Crippen LogP contribution in [-0.4, -0.2) is 36.1 Å².